The van der Waals surface area contributed by atoms with Gasteiger partial charge in [0.1, 0.15) is 24.8 Å². The Morgan fingerprint density at radius 3 is 2.69 bits per heavy atom. The fourth-order valence-corrected chi connectivity index (χ4v) is 4.60. The lowest BCUT2D eigenvalue weighted by Crippen LogP contribution is -2.14. The minimum Gasteiger partial charge on any atom is -0.489 e. The molecule has 36 heavy (non-hydrogen) atoms. The molecule has 4 rings (SSSR count). The van der Waals surface area contributed by atoms with Gasteiger partial charge in [0, 0.05) is 23.3 Å². The summed E-state index contributed by atoms with van der Waals surface area (Å²) in [6, 6.07) is 16.7. The van der Waals surface area contributed by atoms with Crippen molar-refractivity contribution in [1.82, 2.24) is 0 Å². The zero-order valence-electron chi connectivity index (χ0n) is 20.1. The van der Waals surface area contributed by atoms with Crippen molar-refractivity contribution >= 4 is 5.97 Å². The third-order valence-corrected chi connectivity index (χ3v) is 6.45. The lowest BCUT2D eigenvalue weighted by atomic mass is 9.94. The normalized spacial score (nSPS) is 16.1. The van der Waals surface area contributed by atoms with Crippen molar-refractivity contribution in [3.05, 3.63) is 88.7 Å². The maximum absolute atomic E-state index is 15.4. The zero-order valence-corrected chi connectivity index (χ0v) is 20.1. The summed E-state index contributed by atoms with van der Waals surface area (Å²) in [5, 5.41) is 9.20. The minimum absolute atomic E-state index is 0.139. The summed E-state index contributed by atoms with van der Waals surface area (Å²) in [7, 11) is 0. The van der Waals surface area contributed by atoms with Gasteiger partial charge in [-0.3, -0.25) is 4.79 Å². The number of carboxylic acid groups (broad SMARTS) is 1. The van der Waals surface area contributed by atoms with E-state index in [1.165, 1.54) is 6.07 Å². The van der Waals surface area contributed by atoms with Crippen molar-refractivity contribution in [2.75, 3.05) is 13.3 Å². The fourth-order valence-electron chi connectivity index (χ4n) is 4.60. The maximum atomic E-state index is 15.4. The Bertz CT molecular complexity index is 1190. The van der Waals surface area contributed by atoms with Crippen molar-refractivity contribution < 1.29 is 28.2 Å². The topological polar surface area (TPSA) is 81.8 Å². The number of hydrogen-bond donors (Lipinski definition) is 2. The number of alkyl halides is 1. The standard InChI is InChI=1S/C29H31F2NO4/c30-17-26(32)25-8-3-7-24(29(25)31)22-14-19(10-11-23-6-4-12-35-23)13-20(15-22)18-36-27-9-2-1-5-21(27)16-28(33)34/h1-3,5,7-9,13-15,23,26H,4,6,10-12,16-18,32H2,(H,33,34)/t23-,26?/m0/s1. The summed E-state index contributed by atoms with van der Waals surface area (Å²) >= 11 is 0. The molecule has 1 fully saturated rings. The first kappa shape index (κ1) is 25.8. The zero-order chi connectivity index (χ0) is 25.5. The highest BCUT2D eigenvalue weighted by atomic mass is 19.1. The molecule has 0 amide bonds. The summed E-state index contributed by atoms with van der Waals surface area (Å²) in [6.45, 7) is 0.117. The Morgan fingerprint density at radius 2 is 1.94 bits per heavy atom. The smallest absolute Gasteiger partial charge is 0.307 e. The van der Waals surface area contributed by atoms with Gasteiger partial charge in [-0.25, -0.2) is 8.78 Å². The molecule has 5 nitrogen and oxygen atoms in total. The quantitative estimate of drug-likeness (QED) is 0.352. The molecule has 1 saturated heterocycles. The molecular weight excluding hydrogens is 464 g/mol. The number of ether oxygens (including phenoxy) is 2. The number of rotatable bonds is 11. The van der Waals surface area contributed by atoms with Gasteiger partial charge >= 0.3 is 5.97 Å². The van der Waals surface area contributed by atoms with Crippen LogP contribution in [0, 0.1) is 5.82 Å². The van der Waals surface area contributed by atoms with E-state index in [1.54, 1.807) is 36.4 Å². The summed E-state index contributed by atoms with van der Waals surface area (Å²) in [4.78, 5) is 11.2. The van der Waals surface area contributed by atoms with Crippen molar-refractivity contribution in [3.63, 3.8) is 0 Å². The number of hydrogen-bond acceptors (Lipinski definition) is 4. The molecule has 0 bridgehead atoms. The second-order valence-corrected chi connectivity index (χ2v) is 9.15. The molecule has 1 unspecified atom stereocenters. The maximum Gasteiger partial charge on any atom is 0.307 e. The molecule has 0 aromatic heterocycles. The van der Waals surface area contributed by atoms with Crippen LogP contribution in [0.2, 0.25) is 0 Å². The van der Waals surface area contributed by atoms with Gasteiger partial charge in [0.2, 0.25) is 0 Å². The molecule has 0 aliphatic carbocycles. The number of benzene rings is 3. The van der Waals surface area contributed by atoms with Crippen LogP contribution in [0.15, 0.2) is 60.7 Å². The Balaban J connectivity index is 1.64. The Labute approximate surface area is 209 Å². The monoisotopic (exact) mass is 495 g/mol. The minimum atomic E-state index is -1.03. The second-order valence-electron chi connectivity index (χ2n) is 9.15. The third kappa shape index (κ3) is 6.47. The van der Waals surface area contributed by atoms with Gasteiger partial charge in [0.25, 0.3) is 0 Å². The number of aryl methyl sites for hydroxylation is 1. The number of halogens is 2. The number of carbonyl (C=O) groups is 1. The first-order valence-electron chi connectivity index (χ1n) is 12.2. The van der Waals surface area contributed by atoms with Crippen LogP contribution >= 0.6 is 0 Å². The molecular formula is C29H31F2NO4. The highest BCUT2D eigenvalue weighted by Crippen LogP contribution is 2.31. The number of para-hydroxylation sites is 1. The highest BCUT2D eigenvalue weighted by molar-refractivity contribution is 5.71. The number of nitrogens with two attached hydrogens (primary N) is 1. The molecule has 3 aromatic rings. The van der Waals surface area contributed by atoms with Gasteiger partial charge in [0.15, 0.2) is 0 Å². The van der Waals surface area contributed by atoms with E-state index in [0.717, 1.165) is 43.4 Å². The van der Waals surface area contributed by atoms with Crippen molar-refractivity contribution in [2.24, 2.45) is 5.73 Å². The van der Waals surface area contributed by atoms with Crippen LogP contribution < -0.4 is 10.5 Å². The number of carboxylic acids is 1. The summed E-state index contributed by atoms with van der Waals surface area (Å²) in [5.74, 6) is -0.975. The molecule has 1 aliphatic heterocycles. The van der Waals surface area contributed by atoms with E-state index in [1.807, 2.05) is 18.2 Å². The molecule has 0 spiro atoms. The molecule has 190 valence electrons. The van der Waals surface area contributed by atoms with Crippen molar-refractivity contribution in [3.8, 4) is 16.9 Å². The summed E-state index contributed by atoms with van der Waals surface area (Å²) in [6.07, 6.45) is 3.79. The van der Waals surface area contributed by atoms with Crippen molar-refractivity contribution in [1.29, 1.82) is 0 Å². The van der Waals surface area contributed by atoms with Gasteiger partial charge in [0.05, 0.1) is 18.6 Å². The molecule has 1 heterocycles. The van der Waals surface area contributed by atoms with Crippen LogP contribution in [0.1, 0.15) is 47.6 Å². The van der Waals surface area contributed by atoms with Gasteiger partial charge in [-0.05, 0) is 54.5 Å². The second kappa shape index (κ2) is 12.1. The van der Waals surface area contributed by atoms with Gasteiger partial charge in [-0.1, -0.05) is 48.5 Å². The fraction of sp³-hybridized carbons (Fsp3) is 0.345. The molecule has 2 atom stereocenters. The van der Waals surface area contributed by atoms with Crippen LogP contribution in [0.3, 0.4) is 0 Å². The van der Waals surface area contributed by atoms with Gasteiger partial charge < -0.3 is 20.3 Å². The Kier molecular flexibility index (Phi) is 8.67. The Morgan fingerprint density at radius 1 is 1.14 bits per heavy atom. The lowest BCUT2D eigenvalue weighted by molar-refractivity contribution is -0.136. The van der Waals surface area contributed by atoms with E-state index in [-0.39, 0.29) is 24.7 Å². The molecule has 1 aliphatic rings. The summed E-state index contributed by atoms with van der Waals surface area (Å²) < 4.78 is 40.3. The largest absolute Gasteiger partial charge is 0.489 e. The first-order chi connectivity index (χ1) is 17.4. The highest BCUT2D eigenvalue weighted by Gasteiger charge is 2.18. The van der Waals surface area contributed by atoms with Gasteiger partial charge in [-0.2, -0.15) is 0 Å². The molecule has 0 saturated carbocycles. The van der Waals surface area contributed by atoms with E-state index in [0.29, 0.717) is 22.4 Å². The lowest BCUT2D eigenvalue weighted by Gasteiger charge is -2.16. The van der Waals surface area contributed by atoms with E-state index in [4.69, 9.17) is 15.2 Å². The SMILES string of the molecule is NC(CF)c1cccc(-c2cc(CC[C@@H]3CCCO3)cc(COc3ccccc3CC(=O)O)c2)c1F. The molecule has 0 radical (unpaired) electrons. The molecule has 3 aromatic carbocycles. The van der Waals surface area contributed by atoms with Crippen molar-refractivity contribution in [2.45, 2.75) is 50.9 Å². The van der Waals surface area contributed by atoms with E-state index in [9.17, 15) is 14.3 Å². The summed E-state index contributed by atoms with van der Waals surface area (Å²) in [5.41, 5.74) is 9.35. The average molecular weight is 496 g/mol. The number of aliphatic carboxylic acids is 1. The van der Waals surface area contributed by atoms with E-state index < -0.39 is 24.5 Å². The molecule has 7 heteroatoms. The Hall–Kier alpha value is -3.29. The van der Waals surface area contributed by atoms with Gasteiger partial charge in [-0.15, -0.1) is 0 Å². The predicted octanol–water partition coefficient (Wildman–Crippen LogP) is 5.78. The van der Waals surface area contributed by atoms with E-state index >= 15 is 4.39 Å². The predicted molar refractivity (Wildman–Crippen MR) is 134 cm³/mol. The third-order valence-electron chi connectivity index (χ3n) is 6.45. The van der Waals surface area contributed by atoms with Crippen LogP contribution in [0.25, 0.3) is 11.1 Å². The molecule has 3 N–H and O–H groups in total. The van der Waals surface area contributed by atoms with Crippen LogP contribution in [0.4, 0.5) is 8.78 Å². The first-order valence-corrected chi connectivity index (χ1v) is 12.2. The van der Waals surface area contributed by atoms with Crippen LogP contribution in [0.5, 0.6) is 5.75 Å². The van der Waals surface area contributed by atoms with Crippen LogP contribution in [-0.2, 0) is 29.0 Å². The van der Waals surface area contributed by atoms with Crippen LogP contribution in [-0.4, -0.2) is 30.5 Å². The van der Waals surface area contributed by atoms with E-state index in [2.05, 4.69) is 0 Å². The average Bonchev–Trinajstić information content (AvgIpc) is 3.40.